The summed E-state index contributed by atoms with van der Waals surface area (Å²) in [6.07, 6.45) is 4.79. The van der Waals surface area contributed by atoms with Crippen LogP contribution >= 0.6 is 7.60 Å². The van der Waals surface area contributed by atoms with Crippen molar-refractivity contribution in [3.05, 3.63) is 24.3 Å². The molecule has 0 spiro atoms. The lowest BCUT2D eigenvalue weighted by molar-refractivity contribution is -0.198. The van der Waals surface area contributed by atoms with Crippen molar-refractivity contribution >= 4 is 18.6 Å². The van der Waals surface area contributed by atoms with Gasteiger partial charge in [-0.05, 0) is 37.1 Å². The van der Waals surface area contributed by atoms with E-state index in [1.54, 1.807) is 12.1 Å². The Labute approximate surface area is 101 Å². The average molecular weight is 254 g/mol. The second-order valence-electron chi connectivity index (χ2n) is 4.45. The number of benzene rings is 1. The maximum Gasteiger partial charge on any atom is 0.165 e. The first-order chi connectivity index (χ1) is 8.08. The zero-order valence-electron chi connectivity index (χ0n) is 9.67. The number of anilines is 1. The Hall–Kier alpha value is -0.830. The van der Waals surface area contributed by atoms with Crippen molar-refractivity contribution in [2.24, 2.45) is 0 Å². The van der Waals surface area contributed by atoms with Gasteiger partial charge in [-0.1, -0.05) is 19.3 Å². The molecule has 1 aliphatic carbocycles. The monoisotopic (exact) mass is 254 g/mol. The second kappa shape index (κ2) is 5.21. The minimum absolute atomic E-state index is 0.148. The predicted molar refractivity (Wildman–Crippen MR) is 66.1 cm³/mol. The molecule has 2 rings (SSSR count). The predicted octanol–water partition coefficient (Wildman–Crippen LogP) is 1.80. The fourth-order valence-corrected chi connectivity index (χ4v) is 3.32. The summed E-state index contributed by atoms with van der Waals surface area (Å²) in [7, 11) is -3.94. The van der Waals surface area contributed by atoms with Gasteiger partial charge < -0.3 is 19.7 Å². The average Bonchev–Trinajstić information content (AvgIpc) is 2.30. The highest BCUT2D eigenvalue weighted by atomic mass is 31.2. The molecule has 1 unspecified atom stereocenters. The summed E-state index contributed by atoms with van der Waals surface area (Å²) >= 11 is 0. The normalized spacial score (nSPS) is 21.0. The van der Waals surface area contributed by atoms with Crippen LogP contribution in [-0.4, -0.2) is 6.10 Å². The van der Waals surface area contributed by atoms with Gasteiger partial charge in [-0.25, -0.2) is 0 Å². The van der Waals surface area contributed by atoms with Crippen LogP contribution in [0.25, 0.3) is 0 Å². The van der Waals surface area contributed by atoms with Crippen molar-refractivity contribution in [2.75, 3.05) is 5.73 Å². The molecule has 94 valence electrons. The largest absolute Gasteiger partial charge is 0.775 e. The fraction of sp³-hybridized carbons (Fsp3) is 0.500. The van der Waals surface area contributed by atoms with E-state index in [-0.39, 0.29) is 11.4 Å². The Morgan fingerprint density at radius 1 is 1.18 bits per heavy atom. The summed E-state index contributed by atoms with van der Waals surface area (Å²) in [5, 5.41) is 0.206. The Bertz CT molecular complexity index is 412. The molecule has 1 aliphatic rings. The topological polar surface area (TPSA) is 75.4 Å². The highest BCUT2D eigenvalue weighted by molar-refractivity contribution is 7.59. The molecule has 1 saturated carbocycles. The Balaban J connectivity index is 2.07. The first kappa shape index (κ1) is 12.6. The summed E-state index contributed by atoms with van der Waals surface area (Å²) in [5.74, 6) is 0. The first-order valence-corrected chi connectivity index (χ1v) is 7.48. The molecular weight excluding hydrogens is 237 g/mol. The van der Waals surface area contributed by atoms with Crippen LogP contribution in [0, 0.1) is 0 Å². The molecule has 0 aliphatic heterocycles. The maximum atomic E-state index is 12.0. The molecule has 0 heterocycles. The summed E-state index contributed by atoms with van der Waals surface area (Å²) < 4.78 is 17.2. The third kappa shape index (κ3) is 3.32. The van der Waals surface area contributed by atoms with Gasteiger partial charge in [0.1, 0.15) is 0 Å². The van der Waals surface area contributed by atoms with E-state index in [9.17, 15) is 9.46 Å². The van der Waals surface area contributed by atoms with Crippen LogP contribution in [0.1, 0.15) is 32.1 Å². The lowest BCUT2D eigenvalue weighted by Gasteiger charge is -2.31. The van der Waals surface area contributed by atoms with Crippen LogP contribution in [-0.2, 0) is 9.09 Å². The van der Waals surface area contributed by atoms with E-state index in [1.807, 2.05) is 0 Å². The first-order valence-electron chi connectivity index (χ1n) is 5.93. The maximum absolute atomic E-state index is 12.0. The van der Waals surface area contributed by atoms with Gasteiger partial charge >= 0.3 is 0 Å². The van der Waals surface area contributed by atoms with Gasteiger partial charge in [-0.15, -0.1) is 0 Å². The quantitative estimate of drug-likeness (QED) is 0.659. The number of hydrogen-bond acceptors (Lipinski definition) is 4. The van der Waals surface area contributed by atoms with Crippen molar-refractivity contribution in [3.63, 3.8) is 0 Å². The van der Waals surface area contributed by atoms with Crippen molar-refractivity contribution in [1.82, 2.24) is 0 Å². The van der Waals surface area contributed by atoms with Crippen molar-refractivity contribution in [2.45, 2.75) is 38.2 Å². The third-order valence-electron chi connectivity index (χ3n) is 3.05. The third-order valence-corrected chi connectivity index (χ3v) is 4.56. The molecule has 0 saturated heterocycles. The minimum atomic E-state index is -3.94. The van der Waals surface area contributed by atoms with E-state index >= 15 is 0 Å². The van der Waals surface area contributed by atoms with Crippen molar-refractivity contribution < 1.29 is 14.0 Å². The molecule has 4 nitrogen and oxygen atoms in total. The molecule has 17 heavy (non-hydrogen) atoms. The highest BCUT2D eigenvalue weighted by Crippen LogP contribution is 2.40. The smallest absolute Gasteiger partial charge is 0.165 e. The van der Waals surface area contributed by atoms with Gasteiger partial charge in [0.2, 0.25) is 0 Å². The van der Waals surface area contributed by atoms with Crippen molar-refractivity contribution in [1.29, 1.82) is 0 Å². The Kier molecular flexibility index (Phi) is 3.87. The van der Waals surface area contributed by atoms with Gasteiger partial charge in [0.15, 0.2) is 7.60 Å². The summed E-state index contributed by atoms with van der Waals surface area (Å²) in [6, 6.07) is 6.13. The number of nitrogens with two attached hydrogens (primary N) is 1. The molecule has 1 fully saturated rings. The number of nitrogen functional groups attached to an aromatic ring is 1. The fourth-order valence-electron chi connectivity index (χ4n) is 2.08. The van der Waals surface area contributed by atoms with Crippen LogP contribution in [0.15, 0.2) is 24.3 Å². The molecule has 1 aromatic rings. The molecule has 0 amide bonds. The summed E-state index contributed by atoms with van der Waals surface area (Å²) in [4.78, 5) is 12.0. The molecule has 2 N–H and O–H groups in total. The molecule has 0 radical (unpaired) electrons. The van der Waals surface area contributed by atoms with E-state index in [0.717, 1.165) is 25.7 Å². The molecular formula is C12H17NO3P-. The van der Waals surface area contributed by atoms with E-state index < -0.39 is 7.60 Å². The number of hydrogen-bond donors (Lipinski definition) is 1. The molecule has 1 aromatic carbocycles. The van der Waals surface area contributed by atoms with Gasteiger partial charge in [-0.2, -0.15) is 0 Å². The zero-order chi connectivity index (χ0) is 12.3. The minimum Gasteiger partial charge on any atom is -0.775 e. The summed E-state index contributed by atoms with van der Waals surface area (Å²) in [6.45, 7) is 0. The standard InChI is InChI=1S/C12H18NO3P/c13-10-6-8-12(9-7-10)17(14,15)16-11-4-2-1-3-5-11/h6-9,11H,1-5,13H2,(H,14,15)/p-1. The van der Waals surface area contributed by atoms with E-state index in [2.05, 4.69) is 0 Å². The van der Waals surface area contributed by atoms with Crippen LogP contribution < -0.4 is 15.9 Å². The van der Waals surface area contributed by atoms with Gasteiger partial charge in [0.25, 0.3) is 0 Å². The Morgan fingerprint density at radius 3 is 2.35 bits per heavy atom. The molecule has 1 atom stereocenters. The molecule has 0 aromatic heterocycles. The van der Waals surface area contributed by atoms with E-state index in [1.165, 1.54) is 18.6 Å². The van der Waals surface area contributed by atoms with Crippen LogP contribution in [0.2, 0.25) is 0 Å². The highest BCUT2D eigenvalue weighted by Gasteiger charge is 2.21. The van der Waals surface area contributed by atoms with Crippen LogP contribution in [0.4, 0.5) is 5.69 Å². The summed E-state index contributed by atoms with van der Waals surface area (Å²) in [5.41, 5.74) is 6.07. The van der Waals surface area contributed by atoms with Crippen molar-refractivity contribution in [3.8, 4) is 0 Å². The van der Waals surface area contributed by atoms with Crippen LogP contribution in [0.3, 0.4) is 0 Å². The van der Waals surface area contributed by atoms with Gasteiger partial charge in [0, 0.05) is 11.0 Å². The lowest BCUT2D eigenvalue weighted by Crippen LogP contribution is -2.24. The molecule has 0 bridgehead atoms. The molecule has 5 heteroatoms. The second-order valence-corrected chi connectivity index (χ2v) is 6.18. The van der Waals surface area contributed by atoms with Gasteiger partial charge in [-0.3, -0.25) is 0 Å². The van der Waals surface area contributed by atoms with E-state index in [4.69, 9.17) is 10.3 Å². The Morgan fingerprint density at radius 2 is 1.76 bits per heavy atom. The van der Waals surface area contributed by atoms with Gasteiger partial charge in [0.05, 0.1) is 6.10 Å². The van der Waals surface area contributed by atoms with Crippen LogP contribution in [0.5, 0.6) is 0 Å². The lowest BCUT2D eigenvalue weighted by atomic mass is 9.98. The van der Waals surface area contributed by atoms with E-state index in [0.29, 0.717) is 5.69 Å². The zero-order valence-corrected chi connectivity index (χ0v) is 10.6. The SMILES string of the molecule is Nc1ccc(P(=O)([O-])OC2CCCCC2)cc1. The number of rotatable bonds is 3.